The lowest BCUT2D eigenvalue weighted by atomic mass is 10.2. The van der Waals surface area contributed by atoms with Gasteiger partial charge in [0.1, 0.15) is 0 Å². The summed E-state index contributed by atoms with van der Waals surface area (Å²) >= 11 is 0. The minimum atomic E-state index is -2.69. The van der Waals surface area contributed by atoms with Crippen LogP contribution in [0.4, 0.5) is 4.79 Å². The molecule has 0 heterocycles. The number of amides is 1. The van der Waals surface area contributed by atoms with Crippen LogP contribution in [0, 0.1) is 0 Å². The predicted octanol–water partition coefficient (Wildman–Crippen LogP) is 4.60. The first-order chi connectivity index (χ1) is 17.9. The molecule has 0 aliphatic carbocycles. The average Bonchev–Trinajstić information content (AvgIpc) is 2.90. The second kappa shape index (κ2) is 19.5. The number of rotatable bonds is 20. The summed E-state index contributed by atoms with van der Waals surface area (Å²) in [6.45, 7) is 8.66. The fourth-order valence-electron chi connectivity index (χ4n) is 3.41. The smallest absolute Gasteiger partial charge is 0.493 e. The summed E-state index contributed by atoms with van der Waals surface area (Å²) in [5.41, 5.74) is 0.796. The Bertz CT molecular complexity index is 802. The van der Waals surface area contributed by atoms with Crippen LogP contribution < -0.4 is 14.8 Å². The number of hydrogen-bond acceptors (Lipinski definition) is 9. The Morgan fingerprint density at radius 3 is 2.19 bits per heavy atom. The van der Waals surface area contributed by atoms with Crippen LogP contribution in [0.3, 0.4) is 0 Å². The molecule has 1 aromatic rings. The van der Waals surface area contributed by atoms with E-state index in [-0.39, 0.29) is 0 Å². The van der Waals surface area contributed by atoms with Gasteiger partial charge in [-0.25, -0.2) is 9.59 Å². The largest absolute Gasteiger partial charge is 0.500 e. The van der Waals surface area contributed by atoms with E-state index in [1.54, 1.807) is 25.3 Å². The molecule has 1 N–H and O–H groups in total. The van der Waals surface area contributed by atoms with Crippen LogP contribution in [0.15, 0.2) is 24.3 Å². The molecule has 210 valence electrons. The van der Waals surface area contributed by atoms with Crippen molar-refractivity contribution in [1.82, 2.24) is 5.32 Å². The molecule has 0 unspecified atom stereocenters. The van der Waals surface area contributed by atoms with E-state index in [2.05, 4.69) is 10.1 Å². The van der Waals surface area contributed by atoms with E-state index in [0.717, 1.165) is 24.8 Å². The number of nitrogens with one attached hydrogen (secondary N) is 1. The van der Waals surface area contributed by atoms with Gasteiger partial charge in [0.05, 0.1) is 27.4 Å². The summed E-state index contributed by atoms with van der Waals surface area (Å²) in [6, 6.07) is 6.05. The van der Waals surface area contributed by atoms with Crippen LogP contribution in [0.25, 0.3) is 6.08 Å². The molecule has 10 nitrogen and oxygen atoms in total. The van der Waals surface area contributed by atoms with E-state index in [4.69, 9.17) is 27.5 Å². The fourth-order valence-corrected chi connectivity index (χ4v) is 6.03. The third-order valence-corrected chi connectivity index (χ3v) is 8.25. The summed E-state index contributed by atoms with van der Waals surface area (Å²) in [6.07, 6.45) is 5.63. The van der Waals surface area contributed by atoms with E-state index in [0.29, 0.717) is 63.5 Å². The lowest BCUT2D eigenvalue weighted by Gasteiger charge is -2.28. The molecular formula is C26H43NO9Si. The average molecular weight is 542 g/mol. The molecule has 0 atom stereocenters. The normalized spacial score (nSPS) is 11.4. The standard InChI is InChI=1S/C26H43NO9Si/c1-6-34-37(35-7-2,36-8-3)20-12-17-27-26(29)33-19-11-9-10-18-32-23-15-13-22(21-24(23)30-4)14-16-25(28)31-5/h13-16,21H,6-12,17-20H2,1-5H3,(H,27,29). The number of benzene rings is 1. The number of esters is 1. The highest BCUT2D eigenvalue weighted by Crippen LogP contribution is 2.28. The maximum Gasteiger partial charge on any atom is 0.500 e. The number of alkyl carbamates (subject to hydrolysis) is 1. The minimum Gasteiger partial charge on any atom is -0.493 e. The van der Waals surface area contributed by atoms with Crippen molar-refractivity contribution in [2.24, 2.45) is 0 Å². The van der Waals surface area contributed by atoms with Gasteiger partial charge in [0, 0.05) is 38.5 Å². The molecule has 0 radical (unpaired) electrons. The monoisotopic (exact) mass is 541 g/mol. The zero-order chi connectivity index (χ0) is 27.4. The second-order valence-electron chi connectivity index (χ2n) is 7.82. The fraction of sp³-hybridized carbons (Fsp3) is 0.615. The van der Waals surface area contributed by atoms with Crippen molar-refractivity contribution in [3.63, 3.8) is 0 Å². The summed E-state index contributed by atoms with van der Waals surface area (Å²) in [5.74, 6) is 0.778. The van der Waals surface area contributed by atoms with E-state index < -0.39 is 20.9 Å². The van der Waals surface area contributed by atoms with E-state index in [1.165, 1.54) is 13.2 Å². The van der Waals surface area contributed by atoms with Crippen molar-refractivity contribution in [2.45, 2.75) is 52.5 Å². The molecule has 1 aromatic carbocycles. The summed E-state index contributed by atoms with van der Waals surface area (Å²) in [4.78, 5) is 23.2. The number of hydrogen-bond donors (Lipinski definition) is 1. The lowest BCUT2D eigenvalue weighted by Crippen LogP contribution is -2.46. The predicted molar refractivity (Wildman–Crippen MR) is 143 cm³/mol. The van der Waals surface area contributed by atoms with Gasteiger partial charge in [-0.3, -0.25) is 0 Å². The Balaban J connectivity index is 2.23. The van der Waals surface area contributed by atoms with Gasteiger partial charge < -0.3 is 37.5 Å². The van der Waals surface area contributed by atoms with Gasteiger partial charge in [0.25, 0.3) is 0 Å². The highest BCUT2D eigenvalue weighted by molar-refractivity contribution is 6.60. The number of ether oxygens (including phenoxy) is 4. The molecular weight excluding hydrogens is 498 g/mol. The summed E-state index contributed by atoms with van der Waals surface area (Å²) in [5, 5.41) is 2.77. The van der Waals surface area contributed by atoms with Gasteiger partial charge in [-0.05, 0) is 70.2 Å². The number of carbonyl (C=O) groups excluding carboxylic acids is 2. The molecule has 11 heteroatoms. The molecule has 0 aliphatic heterocycles. The van der Waals surface area contributed by atoms with Crippen molar-refractivity contribution in [2.75, 3.05) is 53.8 Å². The van der Waals surface area contributed by atoms with Gasteiger partial charge in [-0.2, -0.15) is 0 Å². The maximum absolute atomic E-state index is 11.9. The molecule has 0 saturated heterocycles. The zero-order valence-corrected chi connectivity index (χ0v) is 23.8. The van der Waals surface area contributed by atoms with Crippen LogP contribution in [0.2, 0.25) is 6.04 Å². The number of carbonyl (C=O) groups is 2. The Morgan fingerprint density at radius 2 is 1.57 bits per heavy atom. The molecule has 37 heavy (non-hydrogen) atoms. The molecule has 1 amide bonds. The van der Waals surface area contributed by atoms with Crippen molar-refractivity contribution in [3.05, 3.63) is 29.8 Å². The quantitative estimate of drug-likeness (QED) is 0.110. The van der Waals surface area contributed by atoms with Crippen molar-refractivity contribution in [1.29, 1.82) is 0 Å². The second-order valence-corrected chi connectivity index (χ2v) is 10.6. The Kier molecular flexibility index (Phi) is 17.1. The third kappa shape index (κ3) is 13.5. The van der Waals surface area contributed by atoms with Crippen LogP contribution in [0.5, 0.6) is 11.5 Å². The zero-order valence-electron chi connectivity index (χ0n) is 22.8. The molecule has 0 aromatic heterocycles. The van der Waals surface area contributed by atoms with Crippen LogP contribution in [-0.2, 0) is 27.5 Å². The third-order valence-electron chi connectivity index (χ3n) is 5.10. The van der Waals surface area contributed by atoms with E-state index >= 15 is 0 Å². The summed E-state index contributed by atoms with van der Waals surface area (Å²) < 4.78 is 38.5. The maximum atomic E-state index is 11.9. The first-order valence-electron chi connectivity index (χ1n) is 12.8. The first-order valence-corrected chi connectivity index (χ1v) is 14.8. The van der Waals surface area contributed by atoms with Gasteiger partial charge in [0.2, 0.25) is 0 Å². The number of unbranched alkanes of at least 4 members (excludes halogenated alkanes) is 2. The lowest BCUT2D eigenvalue weighted by molar-refractivity contribution is -0.134. The molecule has 0 saturated carbocycles. The van der Waals surface area contributed by atoms with Crippen LogP contribution in [0.1, 0.15) is 52.0 Å². The van der Waals surface area contributed by atoms with Gasteiger partial charge in [-0.15, -0.1) is 0 Å². The van der Waals surface area contributed by atoms with Crippen LogP contribution >= 0.6 is 0 Å². The number of methoxy groups -OCH3 is 2. The van der Waals surface area contributed by atoms with Gasteiger partial charge in [0.15, 0.2) is 11.5 Å². The molecule has 0 bridgehead atoms. The van der Waals surface area contributed by atoms with Gasteiger partial charge in [-0.1, -0.05) is 6.07 Å². The molecule has 0 aliphatic rings. The van der Waals surface area contributed by atoms with Gasteiger partial charge >= 0.3 is 20.9 Å². The topological polar surface area (TPSA) is 111 Å². The first kappa shape index (κ1) is 32.4. The SMILES string of the molecule is CCO[Si](CCCNC(=O)OCCCCCOc1ccc(C=CC(=O)OC)cc1OC)(OCC)OCC. The van der Waals surface area contributed by atoms with Crippen molar-refractivity contribution in [3.8, 4) is 11.5 Å². The summed E-state index contributed by atoms with van der Waals surface area (Å²) in [7, 11) is 0.206. The molecule has 0 spiro atoms. The van der Waals surface area contributed by atoms with E-state index in [9.17, 15) is 9.59 Å². The Hall–Kier alpha value is -2.60. The molecule has 0 fully saturated rings. The van der Waals surface area contributed by atoms with Crippen LogP contribution in [-0.4, -0.2) is 74.7 Å². The minimum absolute atomic E-state index is 0.339. The Morgan fingerprint density at radius 1 is 0.892 bits per heavy atom. The Labute approximate surface area is 221 Å². The van der Waals surface area contributed by atoms with E-state index in [1.807, 2.05) is 26.8 Å². The van der Waals surface area contributed by atoms with Crippen molar-refractivity contribution >= 4 is 26.9 Å². The molecule has 1 rings (SSSR count). The van der Waals surface area contributed by atoms with Crippen molar-refractivity contribution < 1.29 is 41.8 Å². The highest BCUT2D eigenvalue weighted by atomic mass is 28.4. The highest BCUT2D eigenvalue weighted by Gasteiger charge is 2.39.